The molecule has 0 radical (unpaired) electrons. The summed E-state index contributed by atoms with van der Waals surface area (Å²) in [4.78, 5) is 11.4. The van der Waals surface area contributed by atoms with E-state index in [-0.39, 0.29) is 12.2 Å². The molecule has 1 unspecified atom stereocenters. The third kappa shape index (κ3) is 5.73. The van der Waals surface area contributed by atoms with Crippen molar-refractivity contribution in [2.75, 3.05) is 13.3 Å². The topological polar surface area (TPSA) is 52.3 Å². The molecule has 0 aliphatic heterocycles. The molecule has 0 aromatic heterocycles. The fourth-order valence-corrected chi connectivity index (χ4v) is 1.25. The maximum absolute atomic E-state index is 12.6. The number of rotatable bonds is 5. The van der Waals surface area contributed by atoms with E-state index >= 15 is 0 Å². The minimum Gasteiger partial charge on any atom is -0.463 e. The number of hydrogen-bond donors (Lipinski definition) is 1. The van der Waals surface area contributed by atoms with Crippen LogP contribution in [0.3, 0.4) is 0 Å². The van der Waals surface area contributed by atoms with Gasteiger partial charge in [0, 0.05) is 11.6 Å². The summed E-state index contributed by atoms with van der Waals surface area (Å²) < 4.78 is 17.4. The van der Waals surface area contributed by atoms with Crippen LogP contribution in [0.15, 0.2) is 11.3 Å². The second kappa shape index (κ2) is 10.5. The van der Waals surface area contributed by atoms with Crippen LogP contribution in [0.2, 0.25) is 0 Å². The molecule has 4 heteroatoms. The van der Waals surface area contributed by atoms with Crippen molar-refractivity contribution in [3.63, 3.8) is 0 Å². The number of nitrogens with two attached hydrogens (primary N) is 1. The van der Waals surface area contributed by atoms with Gasteiger partial charge < -0.3 is 10.5 Å². The molecule has 3 nitrogen and oxygen atoms in total. The van der Waals surface area contributed by atoms with E-state index in [0.717, 1.165) is 0 Å². The Labute approximate surface area is 97.9 Å². The van der Waals surface area contributed by atoms with Crippen LogP contribution in [0.4, 0.5) is 4.39 Å². The van der Waals surface area contributed by atoms with Crippen molar-refractivity contribution in [2.24, 2.45) is 11.7 Å². The van der Waals surface area contributed by atoms with E-state index < -0.39 is 18.6 Å². The second-order valence-corrected chi connectivity index (χ2v) is 3.08. The smallest absolute Gasteiger partial charge is 0.336 e. The van der Waals surface area contributed by atoms with Gasteiger partial charge in [-0.3, -0.25) is 4.39 Å². The first-order valence-corrected chi connectivity index (χ1v) is 5.77. The highest BCUT2D eigenvalue weighted by atomic mass is 19.1. The highest BCUT2D eigenvalue weighted by Crippen LogP contribution is 2.19. The summed E-state index contributed by atoms with van der Waals surface area (Å²) in [5, 5.41) is 0. The molecule has 0 aliphatic carbocycles. The van der Waals surface area contributed by atoms with E-state index in [1.54, 1.807) is 13.8 Å². The summed E-state index contributed by atoms with van der Waals surface area (Å²) in [5.41, 5.74) is 6.15. The lowest BCUT2D eigenvalue weighted by molar-refractivity contribution is -0.139. The van der Waals surface area contributed by atoms with Crippen LogP contribution in [0.25, 0.3) is 0 Å². The predicted molar refractivity (Wildman–Crippen MR) is 64.6 cm³/mol. The molecule has 0 spiro atoms. The molecule has 0 amide bonds. The summed E-state index contributed by atoms with van der Waals surface area (Å²) in [6.45, 7) is 8.80. The molecule has 0 saturated carbocycles. The molecule has 0 aromatic rings. The third-order valence-corrected chi connectivity index (χ3v) is 2.01. The number of esters is 1. The maximum atomic E-state index is 12.6. The monoisotopic (exact) mass is 233 g/mol. The van der Waals surface area contributed by atoms with Crippen molar-refractivity contribution in [2.45, 2.75) is 41.0 Å². The number of halogens is 1. The van der Waals surface area contributed by atoms with E-state index in [1.165, 1.54) is 0 Å². The molecule has 96 valence electrons. The fourth-order valence-electron chi connectivity index (χ4n) is 1.25. The van der Waals surface area contributed by atoms with E-state index in [1.807, 2.05) is 20.8 Å². The zero-order valence-electron chi connectivity index (χ0n) is 11.0. The minimum absolute atomic E-state index is 0.275. The number of alkyl halides is 1. The molecule has 0 saturated heterocycles. The molecule has 0 heterocycles. The van der Waals surface area contributed by atoms with Crippen molar-refractivity contribution in [3.05, 3.63) is 11.3 Å². The molecule has 0 aliphatic rings. The molecule has 2 N–H and O–H groups in total. The van der Waals surface area contributed by atoms with Crippen molar-refractivity contribution in [1.29, 1.82) is 0 Å². The lowest BCUT2D eigenvalue weighted by Gasteiger charge is -2.15. The number of carbonyl (C=O) groups excluding carboxylic acids is 1. The summed E-state index contributed by atoms with van der Waals surface area (Å²) in [6, 6.07) is 0. The van der Waals surface area contributed by atoms with Crippen molar-refractivity contribution >= 4 is 5.97 Å². The lowest BCUT2D eigenvalue weighted by atomic mass is 9.96. The Hall–Kier alpha value is -1.06. The van der Waals surface area contributed by atoms with Gasteiger partial charge in [-0.15, -0.1) is 0 Å². The Bertz CT molecular complexity index is 219. The molecular weight excluding hydrogens is 209 g/mol. The van der Waals surface area contributed by atoms with E-state index in [4.69, 9.17) is 10.5 Å². The van der Waals surface area contributed by atoms with Crippen molar-refractivity contribution in [3.8, 4) is 0 Å². The Balaban J connectivity index is 0. The number of hydrogen-bond acceptors (Lipinski definition) is 3. The van der Waals surface area contributed by atoms with Crippen LogP contribution < -0.4 is 5.73 Å². The van der Waals surface area contributed by atoms with Crippen molar-refractivity contribution in [1.82, 2.24) is 0 Å². The molecule has 0 aromatic carbocycles. The van der Waals surface area contributed by atoms with Gasteiger partial charge in [0.15, 0.2) is 0 Å². The van der Waals surface area contributed by atoms with Gasteiger partial charge in [-0.2, -0.15) is 0 Å². The Kier molecular flexibility index (Phi) is 11.3. The van der Waals surface area contributed by atoms with Crippen molar-refractivity contribution < 1.29 is 13.9 Å². The van der Waals surface area contributed by atoms with Gasteiger partial charge >= 0.3 is 5.97 Å². The van der Waals surface area contributed by atoms with Gasteiger partial charge in [0.2, 0.25) is 0 Å². The number of carbonyl (C=O) groups is 1. The molecule has 0 bridgehead atoms. The number of allylic oxidation sites excluding steroid dienone is 1. The highest BCUT2D eigenvalue weighted by molar-refractivity contribution is 5.89. The summed E-state index contributed by atoms with van der Waals surface area (Å²) in [6.07, 6.45) is 0.541. The Morgan fingerprint density at radius 2 is 1.88 bits per heavy atom. The SMILES string of the molecule is CC.CCOC(=O)/C(=C(/C)N)C(CC)CF. The lowest BCUT2D eigenvalue weighted by Crippen LogP contribution is -2.21. The molecule has 0 rings (SSSR count). The quantitative estimate of drug-likeness (QED) is 0.587. The Morgan fingerprint density at radius 1 is 1.38 bits per heavy atom. The summed E-state index contributed by atoms with van der Waals surface area (Å²) in [5.74, 6) is -0.948. The molecule has 16 heavy (non-hydrogen) atoms. The van der Waals surface area contributed by atoms with Gasteiger partial charge in [0.1, 0.15) is 0 Å². The molecule has 1 atom stereocenters. The van der Waals surface area contributed by atoms with Crippen LogP contribution >= 0.6 is 0 Å². The van der Waals surface area contributed by atoms with E-state index in [9.17, 15) is 9.18 Å². The fraction of sp³-hybridized carbons (Fsp3) is 0.750. The average Bonchev–Trinajstić information content (AvgIpc) is 2.27. The van der Waals surface area contributed by atoms with Crippen LogP contribution in [-0.4, -0.2) is 19.3 Å². The third-order valence-electron chi connectivity index (χ3n) is 2.01. The van der Waals surface area contributed by atoms with Gasteiger partial charge in [-0.05, 0) is 20.3 Å². The highest BCUT2D eigenvalue weighted by Gasteiger charge is 2.22. The Morgan fingerprint density at radius 3 is 2.12 bits per heavy atom. The first-order valence-electron chi connectivity index (χ1n) is 5.77. The standard InChI is InChI=1S/C10H18FNO2.C2H6/c1-4-8(6-11)9(7(3)12)10(13)14-5-2;1-2/h8H,4-6,12H2,1-3H3;1-2H3/b9-7-;. The largest absolute Gasteiger partial charge is 0.463 e. The number of ether oxygens (including phenoxy) is 1. The normalized spacial score (nSPS) is 13.1. The zero-order chi connectivity index (χ0) is 13.1. The second-order valence-electron chi connectivity index (χ2n) is 3.08. The maximum Gasteiger partial charge on any atom is 0.336 e. The predicted octanol–water partition coefficient (Wildman–Crippen LogP) is 2.80. The van der Waals surface area contributed by atoms with Gasteiger partial charge in [-0.1, -0.05) is 20.8 Å². The molecule has 0 fully saturated rings. The van der Waals surface area contributed by atoms with Gasteiger partial charge in [-0.25, -0.2) is 4.79 Å². The van der Waals surface area contributed by atoms with Crippen LogP contribution in [0, 0.1) is 5.92 Å². The summed E-state index contributed by atoms with van der Waals surface area (Å²) in [7, 11) is 0. The van der Waals surface area contributed by atoms with Crippen LogP contribution in [-0.2, 0) is 9.53 Å². The first-order chi connectivity index (χ1) is 7.58. The molecular formula is C12H24FNO2. The zero-order valence-corrected chi connectivity index (χ0v) is 11.0. The van der Waals surface area contributed by atoms with E-state index in [2.05, 4.69) is 0 Å². The van der Waals surface area contributed by atoms with Crippen LogP contribution in [0.1, 0.15) is 41.0 Å². The first kappa shape index (κ1) is 17.3. The average molecular weight is 233 g/mol. The minimum atomic E-state index is -0.584. The van der Waals surface area contributed by atoms with Gasteiger partial charge in [0.25, 0.3) is 0 Å². The van der Waals surface area contributed by atoms with Gasteiger partial charge in [0.05, 0.1) is 18.9 Å². The van der Waals surface area contributed by atoms with Crippen LogP contribution in [0.5, 0.6) is 0 Å². The van der Waals surface area contributed by atoms with E-state index in [0.29, 0.717) is 12.1 Å². The summed E-state index contributed by atoms with van der Waals surface area (Å²) >= 11 is 0.